The normalized spacial score (nSPS) is 16.1. The monoisotopic (exact) mass is 466 g/mol. The Morgan fingerprint density at radius 2 is 1.94 bits per heavy atom. The van der Waals surface area contributed by atoms with Crippen molar-refractivity contribution in [1.82, 2.24) is 24.2 Å². The summed E-state index contributed by atoms with van der Waals surface area (Å²) >= 11 is 0. The average Bonchev–Trinajstić information content (AvgIpc) is 2.68. The molecule has 1 fully saturated rings. The van der Waals surface area contributed by atoms with Gasteiger partial charge in [0.25, 0.3) is 5.56 Å². The Morgan fingerprint density at radius 3 is 2.56 bits per heavy atom. The third-order valence-electron chi connectivity index (χ3n) is 4.98. The first-order chi connectivity index (χ1) is 14.9. The van der Waals surface area contributed by atoms with E-state index in [4.69, 9.17) is 4.74 Å². The first kappa shape index (κ1) is 23.9. The van der Waals surface area contributed by atoms with Gasteiger partial charge in [0.05, 0.1) is 6.26 Å². The molecule has 12 heteroatoms. The quantitative estimate of drug-likeness (QED) is 0.647. The zero-order chi connectivity index (χ0) is 23.5. The summed E-state index contributed by atoms with van der Waals surface area (Å²) in [6.45, 7) is 6.62. The Bertz CT molecular complexity index is 1130. The number of ether oxygens (including phenoxy) is 1. The predicted molar refractivity (Wildman–Crippen MR) is 121 cm³/mol. The van der Waals surface area contributed by atoms with Crippen molar-refractivity contribution in [2.75, 3.05) is 31.2 Å². The van der Waals surface area contributed by atoms with Crippen molar-refractivity contribution >= 4 is 33.1 Å². The van der Waals surface area contributed by atoms with Crippen molar-refractivity contribution in [2.24, 2.45) is 0 Å². The molecule has 2 N–H and O–H groups in total. The summed E-state index contributed by atoms with van der Waals surface area (Å²) in [7, 11) is -3.19. The summed E-state index contributed by atoms with van der Waals surface area (Å²) in [5.41, 5.74) is -0.393. The van der Waals surface area contributed by atoms with E-state index >= 15 is 0 Å². The van der Waals surface area contributed by atoms with E-state index in [0.717, 1.165) is 0 Å². The van der Waals surface area contributed by atoms with Crippen molar-refractivity contribution in [3.8, 4) is 0 Å². The Morgan fingerprint density at radius 1 is 1.25 bits per heavy atom. The number of hydrogen-bond acceptors (Lipinski definition) is 8. The van der Waals surface area contributed by atoms with E-state index in [2.05, 4.69) is 20.6 Å². The van der Waals surface area contributed by atoms with Gasteiger partial charge in [-0.25, -0.2) is 22.5 Å². The zero-order valence-electron chi connectivity index (χ0n) is 18.8. The predicted octanol–water partition coefficient (Wildman–Crippen LogP) is 1.15. The van der Waals surface area contributed by atoms with E-state index in [1.807, 2.05) is 0 Å². The number of piperidine rings is 1. The lowest BCUT2D eigenvalue weighted by Gasteiger charge is -2.30. The maximum absolute atomic E-state index is 12.4. The van der Waals surface area contributed by atoms with Crippen LogP contribution in [0.2, 0.25) is 0 Å². The number of carbonyl (C=O) groups is 1. The lowest BCUT2D eigenvalue weighted by atomic mass is 10.1. The Kier molecular flexibility index (Phi) is 7.03. The molecular weight excluding hydrogens is 436 g/mol. The number of hydrogen-bond donors (Lipinski definition) is 2. The number of aromatic nitrogens is 3. The van der Waals surface area contributed by atoms with Crippen molar-refractivity contribution in [2.45, 2.75) is 51.8 Å². The summed E-state index contributed by atoms with van der Waals surface area (Å²) in [4.78, 5) is 33.2. The fourth-order valence-electron chi connectivity index (χ4n) is 3.46. The molecule has 1 aliphatic heterocycles. The van der Waals surface area contributed by atoms with Gasteiger partial charge < -0.3 is 15.4 Å². The number of nitrogens with one attached hydrogen (secondary N) is 2. The van der Waals surface area contributed by atoms with E-state index in [9.17, 15) is 18.0 Å². The standard InChI is InChI=1S/C20H30N6O5S/c1-20(2,3)31-19(28)21-9-12-26-16(27)6-5-14-13-22-18(24-17(14)26)23-15-7-10-25(11-8-15)32(4,29)30/h5-6,13,15H,7-12H2,1-4H3,(H,21,28)(H,22,23,24). The second-order valence-electron chi connectivity index (χ2n) is 8.81. The minimum Gasteiger partial charge on any atom is -0.444 e. The molecule has 0 atom stereocenters. The molecule has 0 saturated carbocycles. The topological polar surface area (TPSA) is 136 Å². The summed E-state index contributed by atoms with van der Waals surface area (Å²) in [6, 6.07) is 3.12. The molecule has 0 spiro atoms. The molecule has 1 aliphatic rings. The molecule has 2 aromatic rings. The van der Waals surface area contributed by atoms with E-state index in [-0.39, 0.29) is 24.7 Å². The van der Waals surface area contributed by atoms with Gasteiger partial charge in [0.15, 0.2) is 0 Å². The smallest absolute Gasteiger partial charge is 0.407 e. The highest BCUT2D eigenvalue weighted by Crippen LogP contribution is 2.18. The van der Waals surface area contributed by atoms with E-state index in [1.54, 1.807) is 33.0 Å². The summed E-state index contributed by atoms with van der Waals surface area (Å²) in [5, 5.41) is 6.58. The molecule has 1 saturated heterocycles. The molecule has 3 rings (SSSR count). The second kappa shape index (κ2) is 9.41. The Balaban J connectivity index is 1.69. The van der Waals surface area contributed by atoms with Crippen LogP contribution in [-0.4, -0.2) is 70.9 Å². The van der Waals surface area contributed by atoms with Crippen molar-refractivity contribution in [3.05, 3.63) is 28.7 Å². The molecule has 11 nitrogen and oxygen atoms in total. The number of alkyl carbamates (subject to hydrolysis) is 1. The zero-order valence-corrected chi connectivity index (χ0v) is 19.6. The van der Waals surface area contributed by atoms with Crippen LogP contribution >= 0.6 is 0 Å². The lowest BCUT2D eigenvalue weighted by Crippen LogP contribution is -2.42. The highest BCUT2D eigenvalue weighted by Gasteiger charge is 2.25. The molecule has 2 aromatic heterocycles. The molecular formula is C20H30N6O5S. The van der Waals surface area contributed by atoms with Crippen LogP contribution < -0.4 is 16.2 Å². The molecule has 32 heavy (non-hydrogen) atoms. The number of pyridine rings is 1. The van der Waals surface area contributed by atoms with Crippen LogP contribution in [0.25, 0.3) is 11.0 Å². The number of fused-ring (bicyclic) bond motifs is 1. The van der Waals surface area contributed by atoms with Crippen LogP contribution in [-0.2, 0) is 21.3 Å². The molecule has 0 radical (unpaired) electrons. The summed E-state index contributed by atoms with van der Waals surface area (Å²) in [5.74, 6) is 0.370. The lowest BCUT2D eigenvalue weighted by molar-refractivity contribution is 0.0526. The Labute approximate surface area is 187 Å². The fourth-order valence-corrected chi connectivity index (χ4v) is 4.33. The highest BCUT2D eigenvalue weighted by molar-refractivity contribution is 7.88. The summed E-state index contributed by atoms with van der Waals surface area (Å²) < 4.78 is 31.5. The molecule has 3 heterocycles. The van der Waals surface area contributed by atoms with Gasteiger partial charge in [-0.2, -0.15) is 4.98 Å². The number of nitrogens with zero attached hydrogens (tertiary/aromatic N) is 4. The van der Waals surface area contributed by atoms with Gasteiger partial charge in [0.1, 0.15) is 11.2 Å². The minimum absolute atomic E-state index is 0.0307. The second-order valence-corrected chi connectivity index (χ2v) is 10.8. The van der Waals surface area contributed by atoms with Crippen molar-refractivity contribution < 1.29 is 17.9 Å². The van der Waals surface area contributed by atoms with Crippen LogP contribution in [0.3, 0.4) is 0 Å². The van der Waals surface area contributed by atoms with Gasteiger partial charge in [-0.1, -0.05) is 0 Å². The molecule has 0 bridgehead atoms. The highest BCUT2D eigenvalue weighted by atomic mass is 32.2. The van der Waals surface area contributed by atoms with Crippen LogP contribution in [0.4, 0.5) is 10.7 Å². The van der Waals surface area contributed by atoms with E-state index in [1.165, 1.54) is 21.2 Å². The fraction of sp³-hybridized carbons (Fsp3) is 0.600. The van der Waals surface area contributed by atoms with Gasteiger partial charge in [0.2, 0.25) is 16.0 Å². The maximum Gasteiger partial charge on any atom is 0.407 e. The van der Waals surface area contributed by atoms with Gasteiger partial charge in [-0.05, 0) is 39.7 Å². The van der Waals surface area contributed by atoms with Gasteiger partial charge in [-0.3, -0.25) is 9.36 Å². The third kappa shape index (κ3) is 6.39. The minimum atomic E-state index is -3.19. The third-order valence-corrected chi connectivity index (χ3v) is 6.29. The van der Waals surface area contributed by atoms with Gasteiger partial charge in [0, 0.05) is 49.9 Å². The largest absolute Gasteiger partial charge is 0.444 e. The van der Waals surface area contributed by atoms with Crippen LogP contribution in [0.15, 0.2) is 23.1 Å². The van der Waals surface area contributed by atoms with Crippen LogP contribution in [0.1, 0.15) is 33.6 Å². The SMILES string of the molecule is CC(C)(C)OC(=O)NCCn1c(=O)ccc2cnc(NC3CCN(S(C)(=O)=O)CC3)nc21. The summed E-state index contributed by atoms with van der Waals surface area (Å²) in [6.07, 6.45) is 3.56. The number of carbonyl (C=O) groups excluding carboxylic acids is 1. The van der Waals surface area contributed by atoms with Crippen LogP contribution in [0.5, 0.6) is 0 Å². The average molecular weight is 467 g/mol. The van der Waals surface area contributed by atoms with Crippen molar-refractivity contribution in [3.63, 3.8) is 0 Å². The first-order valence-corrected chi connectivity index (χ1v) is 12.3. The first-order valence-electron chi connectivity index (χ1n) is 10.5. The maximum atomic E-state index is 12.4. The molecule has 0 unspecified atom stereocenters. The van der Waals surface area contributed by atoms with Gasteiger partial charge in [-0.15, -0.1) is 0 Å². The Hall–Kier alpha value is -2.73. The molecule has 0 aromatic carbocycles. The molecule has 0 aliphatic carbocycles. The van der Waals surface area contributed by atoms with Gasteiger partial charge >= 0.3 is 6.09 Å². The number of rotatable bonds is 6. The van der Waals surface area contributed by atoms with Crippen molar-refractivity contribution in [1.29, 1.82) is 0 Å². The number of amides is 1. The number of sulfonamides is 1. The molecule has 1 amide bonds. The van der Waals surface area contributed by atoms with E-state index in [0.29, 0.717) is 42.9 Å². The molecule has 176 valence electrons. The number of anilines is 1. The van der Waals surface area contributed by atoms with Crippen LogP contribution in [0, 0.1) is 0 Å². The van der Waals surface area contributed by atoms with E-state index < -0.39 is 21.7 Å².